The topological polar surface area (TPSA) is 78.4 Å². The number of hydrogen-bond acceptors (Lipinski definition) is 5. The third-order valence-electron chi connectivity index (χ3n) is 6.03. The molecular formula is C20H32N4O2. The van der Waals surface area contributed by atoms with Crippen LogP contribution in [0.15, 0.2) is 12.1 Å². The van der Waals surface area contributed by atoms with Gasteiger partial charge in [0.05, 0.1) is 5.60 Å². The van der Waals surface area contributed by atoms with Crippen molar-refractivity contribution in [3.63, 3.8) is 0 Å². The van der Waals surface area contributed by atoms with Gasteiger partial charge in [0.25, 0.3) is 5.91 Å². The summed E-state index contributed by atoms with van der Waals surface area (Å²) in [7, 11) is 0. The van der Waals surface area contributed by atoms with Crippen LogP contribution in [-0.4, -0.2) is 46.4 Å². The summed E-state index contributed by atoms with van der Waals surface area (Å²) in [5.41, 5.74) is -0.225. The highest BCUT2D eigenvalue weighted by Gasteiger charge is 2.37. The van der Waals surface area contributed by atoms with Gasteiger partial charge in [0.2, 0.25) is 0 Å². The molecule has 0 atom stereocenters. The van der Waals surface area contributed by atoms with E-state index in [9.17, 15) is 9.90 Å². The molecule has 1 saturated heterocycles. The zero-order valence-electron chi connectivity index (χ0n) is 16.3. The fraction of sp³-hybridized carbons (Fsp3) is 0.750. The maximum atomic E-state index is 12.3. The van der Waals surface area contributed by atoms with Gasteiger partial charge in [-0.15, -0.1) is 10.2 Å². The van der Waals surface area contributed by atoms with Crippen LogP contribution >= 0.6 is 0 Å². The fourth-order valence-electron chi connectivity index (χ4n) is 4.09. The van der Waals surface area contributed by atoms with Gasteiger partial charge in [0.15, 0.2) is 11.5 Å². The number of aromatic nitrogens is 2. The van der Waals surface area contributed by atoms with Crippen LogP contribution in [0.1, 0.15) is 69.8 Å². The second-order valence-corrected chi connectivity index (χ2v) is 9.02. The first-order valence-electron chi connectivity index (χ1n) is 9.86. The van der Waals surface area contributed by atoms with Crippen LogP contribution in [0.5, 0.6) is 0 Å². The molecule has 6 heteroatoms. The first kappa shape index (κ1) is 19.1. The van der Waals surface area contributed by atoms with E-state index in [0.29, 0.717) is 11.6 Å². The summed E-state index contributed by atoms with van der Waals surface area (Å²) in [6.07, 6.45) is 5.82. The number of carbonyl (C=O) groups excluding carboxylic acids is 1. The highest BCUT2D eigenvalue weighted by atomic mass is 16.3. The van der Waals surface area contributed by atoms with Crippen LogP contribution in [0.4, 0.5) is 5.82 Å². The Morgan fingerprint density at radius 3 is 2.42 bits per heavy atom. The van der Waals surface area contributed by atoms with Gasteiger partial charge < -0.3 is 15.3 Å². The molecular weight excluding hydrogens is 328 g/mol. The molecule has 144 valence electrons. The van der Waals surface area contributed by atoms with Gasteiger partial charge in [0, 0.05) is 19.6 Å². The number of aliphatic hydroxyl groups is 1. The Hall–Kier alpha value is -1.69. The van der Waals surface area contributed by atoms with Gasteiger partial charge in [-0.3, -0.25) is 4.79 Å². The summed E-state index contributed by atoms with van der Waals surface area (Å²) in [6, 6.07) is 3.58. The summed E-state index contributed by atoms with van der Waals surface area (Å²) in [5.74, 6) is 1.19. The number of nitrogens with zero attached hydrogens (tertiary/aromatic N) is 3. The lowest BCUT2D eigenvalue weighted by Gasteiger charge is -2.41. The highest BCUT2D eigenvalue weighted by molar-refractivity contribution is 5.92. The third kappa shape index (κ3) is 4.53. The number of amides is 1. The van der Waals surface area contributed by atoms with Gasteiger partial charge in [0.1, 0.15) is 0 Å². The lowest BCUT2D eigenvalue weighted by Crippen LogP contribution is -2.46. The second kappa shape index (κ2) is 7.51. The molecule has 0 spiro atoms. The zero-order chi connectivity index (χ0) is 18.8. The van der Waals surface area contributed by atoms with E-state index in [1.54, 1.807) is 6.07 Å². The van der Waals surface area contributed by atoms with Gasteiger partial charge in [-0.1, -0.05) is 20.8 Å². The standard InChI is InChI=1S/C20H32N4O2/c1-19(2,3)15-8-10-20(26,11-9-15)14-21-18(25)16-6-7-17(23-22-16)24-12-4-5-13-24/h6-7,15,26H,4-5,8-14H2,1-3H3,(H,21,25). The molecule has 0 aromatic carbocycles. The minimum Gasteiger partial charge on any atom is -0.388 e. The molecule has 26 heavy (non-hydrogen) atoms. The van der Waals surface area contributed by atoms with E-state index in [4.69, 9.17) is 0 Å². The predicted molar refractivity (Wildman–Crippen MR) is 102 cm³/mol. The molecule has 1 saturated carbocycles. The minimum absolute atomic E-state index is 0.267. The molecule has 6 nitrogen and oxygen atoms in total. The summed E-state index contributed by atoms with van der Waals surface area (Å²) in [5, 5.41) is 21.9. The molecule has 1 aliphatic carbocycles. The highest BCUT2D eigenvalue weighted by Crippen LogP contribution is 2.41. The van der Waals surface area contributed by atoms with Crippen molar-refractivity contribution in [2.24, 2.45) is 11.3 Å². The van der Waals surface area contributed by atoms with E-state index >= 15 is 0 Å². The molecule has 2 heterocycles. The minimum atomic E-state index is -0.805. The van der Waals surface area contributed by atoms with Crippen molar-refractivity contribution < 1.29 is 9.90 Å². The van der Waals surface area contributed by atoms with E-state index in [0.717, 1.165) is 44.6 Å². The number of nitrogens with one attached hydrogen (secondary N) is 1. The Bertz CT molecular complexity index is 610. The van der Waals surface area contributed by atoms with Crippen molar-refractivity contribution in [2.45, 2.75) is 64.9 Å². The predicted octanol–water partition coefficient (Wildman–Crippen LogP) is 2.77. The molecule has 0 radical (unpaired) electrons. The third-order valence-corrected chi connectivity index (χ3v) is 6.03. The van der Waals surface area contributed by atoms with Crippen LogP contribution in [0.3, 0.4) is 0 Å². The van der Waals surface area contributed by atoms with Gasteiger partial charge in [-0.05, 0) is 62.0 Å². The molecule has 0 unspecified atom stereocenters. The summed E-state index contributed by atoms with van der Waals surface area (Å²) in [6.45, 7) is 9.06. The molecule has 1 aromatic heterocycles. The Morgan fingerprint density at radius 1 is 1.23 bits per heavy atom. The Balaban J connectivity index is 1.50. The van der Waals surface area contributed by atoms with Crippen molar-refractivity contribution in [1.82, 2.24) is 15.5 Å². The first-order chi connectivity index (χ1) is 12.3. The smallest absolute Gasteiger partial charge is 0.271 e. The second-order valence-electron chi connectivity index (χ2n) is 9.02. The van der Waals surface area contributed by atoms with E-state index < -0.39 is 5.60 Å². The van der Waals surface area contributed by atoms with Gasteiger partial charge >= 0.3 is 0 Å². The summed E-state index contributed by atoms with van der Waals surface area (Å²) in [4.78, 5) is 14.5. The Labute approximate surface area is 156 Å². The Kier molecular flexibility index (Phi) is 5.51. The molecule has 1 aromatic rings. The monoisotopic (exact) mass is 360 g/mol. The lowest BCUT2D eigenvalue weighted by molar-refractivity contribution is -0.0228. The zero-order valence-corrected chi connectivity index (χ0v) is 16.3. The van der Waals surface area contributed by atoms with Gasteiger partial charge in [-0.2, -0.15) is 0 Å². The van der Waals surface area contributed by atoms with Crippen molar-refractivity contribution in [3.8, 4) is 0 Å². The number of rotatable bonds is 4. The summed E-state index contributed by atoms with van der Waals surface area (Å²) >= 11 is 0. The molecule has 2 aliphatic rings. The van der Waals surface area contributed by atoms with Crippen LogP contribution < -0.4 is 10.2 Å². The van der Waals surface area contributed by atoms with Crippen LogP contribution in [0.2, 0.25) is 0 Å². The fourth-order valence-corrected chi connectivity index (χ4v) is 4.09. The average Bonchev–Trinajstić information content (AvgIpc) is 3.14. The van der Waals surface area contributed by atoms with E-state index in [-0.39, 0.29) is 17.9 Å². The van der Waals surface area contributed by atoms with Crippen LogP contribution in [0, 0.1) is 11.3 Å². The number of hydrogen-bond donors (Lipinski definition) is 2. The van der Waals surface area contributed by atoms with E-state index in [1.807, 2.05) is 6.07 Å². The van der Waals surface area contributed by atoms with Crippen molar-refractivity contribution in [3.05, 3.63) is 17.8 Å². The van der Waals surface area contributed by atoms with Crippen molar-refractivity contribution >= 4 is 11.7 Å². The first-order valence-corrected chi connectivity index (χ1v) is 9.86. The molecule has 1 amide bonds. The molecule has 2 fully saturated rings. The van der Waals surface area contributed by atoms with Gasteiger partial charge in [-0.25, -0.2) is 0 Å². The number of anilines is 1. The number of carbonyl (C=O) groups is 1. The summed E-state index contributed by atoms with van der Waals surface area (Å²) < 4.78 is 0. The van der Waals surface area contributed by atoms with Crippen LogP contribution in [-0.2, 0) is 0 Å². The quantitative estimate of drug-likeness (QED) is 0.863. The van der Waals surface area contributed by atoms with E-state index in [1.165, 1.54) is 12.8 Å². The van der Waals surface area contributed by atoms with Crippen LogP contribution in [0.25, 0.3) is 0 Å². The molecule has 2 N–H and O–H groups in total. The largest absolute Gasteiger partial charge is 0.388 e. The Morgan fingerprint density at radius 2 is 1.88 bits per heavy atom. The maximum absolute atomic E-state index is 12.3. The van der Waals surface area contributed by atoms with Crippen molar-refractivity contribution in [1.29, 1.82) is 0 Å². The lowest BCUT2D eigenvalue weighted by atomic mass is 9.68. The maximum Gasteiger partial charge on any atom is 0.271 e. The molecule has 3 rings (SSSR count). The average molecular weight is 361 g/mol. The molecule has 0 bridgehead atoms. The SMILES string of the molecule is CC(C)(C)C1CCC(O)(CNC(=O)c2ccc(N3CCCC3)nn2)CC1. The van der Waals surface area contributed by atoms with E-state index in [2.05, 4.69) is 41.2 Å². The molecule has 1 aliphatic heterocycles. The van der Waals surface area contributed by atoms with Crippen molar-refractivity contribution in [2.75, 3.05) is 24.5 Å². The normalized spacial score (nSPS) is 26.8.